The fraction of sp³-hybridized carbons (Fsp3) is 0.0476. The van der Waals surface area contributed by atoms with Gasteiger partial charge in [-0.3, -0.25) is 4.79 Å². The highest BCUT2D eigenvalue weighted by atomic mass is 35.5. The van der Waals surface area contributed by atoms with Crippen molar-refractivity contribution in [3.63, 3.8) is 0 Å². The first kappa shape index (κ1) is 37.6. The predicted octanol–water partition coefficient (Wildman–Crippen LogP) is 12.5. The average molecular weight is 837 g/mol. The van der Waals surface area contributed by atoms with Gasteiger partial charge in [0.15, 0.2) is 5.78 Å². The van der Waals surface area contributed by atoms with Gasteiger partial charge in [0.2, 0.25) is 0 Å². The van der Waals surface area contributed by atoms with Crippen molar-refractivity contribution in [1.29, 1.82) is 0 Å². The Labute approximate surface area is 340 Å². The number of ether oxygens (including phenoxy) is 3. The van der Waals surface area contributed by atoms with Crippen LogP contribution in [0.3, 0.4) is 0 Å². The summed E-state index contributed by atoms with van der Waals surface area (Å²) >= 11 is 37.9. The van der Waals surface area contributed by atoms with Crippen LogP contribution in [0, 0.1) is 0 Å². The molecule has 0 saturated heterocycles. The molecule has 2 heterocycles. The zero-order valence-corrected chi connectivity index (χ0v) is 32.6. The van der Waals surface area contributed by atoms with E-state index >= 15 is 0 Å². The van der Waals surface area contributed by atoms with Crippen LogP contribution in [0.5, 0.6) is 11.5 Å². The van der Waals surface area contributed by atoms with Gasteiger partial charge in [-0.1, -0.05) is 99.6 Å². The molecule has 0 saturated carbocycles. The van der Waals surface area contributed by atoms with Crippen LogP contribution in [-0.2, 0) is 9.53 Å². The zero-order valence-electron chi connectivity index (χ0n) is 28.1. The zero-order chi connectivity index (χ0) is 38.3. The molecule has 7 rings (SSSR count). The minimum absolute atomic E-state index is 0.0152. The molecule has 5 aromatic rings. The molecule has 1 aliphatic carbocycles. The molecule has 12 heteroatoms. The first-order valence-electron chi connectivity index (χ1n) is 16.0. The lowest BCUT2D eigenvalue weighted by Gasteiger charge is -2.29. The predicted molar refractivity (Wildman–Crippen MR) is 215 cm³/mol. The number of methoxy groups -OCH3 is 2. The number of carbonyl (C=O) groups excluding carboxylic acids is 1. The summed E-state index contributed by atoms with van der Waals surface area (Å²) in [6, 6.07) is 24.4. The van der Waals surface area contributed by atoms with Crippen LogP contribution in [0.1, 0.15) is 16.7 Å². The molecule has 4 aromatic carbocycles. The van der Waals surface area contributed by atoms with E-state index in [-0.39, 0.29) is 41.3 Å². The Morgan fingerprint density at radius 3 is 1.76 bits per heavy atom. The number of allylic oxidation sites excluding steroid dienone is 6. The monoisotopic (exact) mass is 834 g/mol. The molecule has 0 amide bonds. The molecular weight excluding hydrogens is 813 g/mol. The van der Waals surface area contributed by atoms with Gasteiger partial charge in [0.25, 0.3) is 0 Å². The first-order chi connectivity index (χ1) is 25.9. The van der Waals surface area contributed by atoms with Gasteiger partial charge in [-0.2, -0.15) is 0 Å². The second kappa shape index (κ2) is 15.6. The highest BCUT2D eigenvalue weighted by Crippen LogP contribution is 2.42. The molecule has 1 aliphatic heterocycles. The number of halogens is 6. The van der Waals surface area contributed by atoms with Crippen LogP contribution < -0.4 is 14.6 Å². The van der Waals surface area contributed by atoms with E-state index in [1.54, 1.807) is 74.9 Å². The van der Waals surface area contributed by atoms with Crippen molar-refractivity contribution < 1.29 is 28.5 Å². The van der Waals surface area contributed by atoms with Gasteiger partial charge in [-0.15, -0.1) is 0 Å². The maximum Gasteiger partial charge on any atom is 0.365 e. The number of carbonyl (C=O) groups is 1. The van der Waals surface area contributed by atoms with E-state index < -0.39 is 11.5 Å². The summed E-state index contributed by atoms with van der Waals surface area (Å²) in [6.07, 6.45) is 6.42. The van der Waals surface area contributed by atoms with Gasteiger partial charge in [0.1, 0.15) is 28.6 Å². The molecule has 1 aromatic heterocycles. The minimum Gasteiger partial charge on any atom is -0.871 e. The van der Waals surface area contributed by atoms with Crippen LogP contribution in [0.25, 0.3) is 40.2 Å². The smallest absolute Gasteiger partial charge is 0.365 e. The molecule has 0 unspecified atom stereocenters. The lowest BCUT2D eigenvalue weighted by atomic mass is 9.85. The topological polar surface area (TPSA) is 79.1 Å². The molecule has 0 radical (unpaired) electrons. The van der Waals surface area contributed by atoms with Gasteiger partial charge < -0.3 is 19.3 Å². The summed E-state index contributed by atoms with van der Waals surface area (Å²) in [4.78, 5) is 13.7. The molecule has 0 spiro atoms. The minimum atomic E-state index is -0.447. The maximum absolute atomic E-state index is 13.7. The third-order valence-corrected chi connectivity index (χ3v) is 10.9. The lowest BCUT2D eigenvalue weighted by Crippen LogP contribution is -2.29. The van der Waals surface area contributed by atoms with Crippen molar-refractivity contribution in [2.45, 2.75) is 0 Å². The second-order valence-electron chi connectivity index (χ2n) is 11.9. The fourth-order valence-electron chi connectivity index (χ4n) is 5.88. The van der Waals surface area contributed by atoms with Crippen LogP contribution >= 0.6 is 69.6 Å². The summed E-state index contributed by atoms with van der Waals surface area (Å²) < 4.78 is 23.8. The normalized spacial score (nSPS) is 15.5. The summed E-state index contributed by atoms with van der Waals surface area (Å²) in [5.74, 6) is 1.72. The van der Waals surface area contributed by atoms with Crippen molar-refractivity contribution in [3.8, 4) is 34.1 Å². The summed E-state index contributed by atoms with van der Waals surface area (Å²) in [5, 5.41) is 15.0. The summed E-state index contributed by atoms with van der Waals surface area (Å²) in [5.41, 5.74) is 3.31. The second-order valence-corrected chi connectivity index (χ2v) is 14.3. The van der Waals surface area contributed by atoms with Crippen LogP contribution in [0.2, 0.25) is 30.1 Å². The van der Waals surface area contributed by atoms with E-state index in [1.807, 2.05) is 36.4 Å². The first-order valence-corrected chi connectivity index (χ1v) is 18.3. The highest BCUT2D eigenvalue weighted by Gasteiger charge is 2.29. The van der Waals surface area contributed by atoms with Crippen LogP contribution in [0.4, 0.5) is 0 Å². The van der Waals surface area contributed by atoms with Crippen molar-refractivity contribution >= 4 is 93.0 Å². The van der Waals surface area contributed by atoms with E-state index in [0.717, 1.165) is 0 Å². The van der Waals surface area contributed by atoms with Gasteiger partial charge >= 0.3 is 11.5 Å². The quantitative estimate of drug-likeness (QED) is 0.0880. The van der Waals surface area contributed by atoms with Gasteiger partial charge in [0, 0.05) is 16.7 Å². The third-order valence-electron chi connectivity index (χ3n) is 8.51. The Hall–Kier alpha value is -4.66. The number of rotatable bonds is 8. The van der Waals surface area contributed by atoms with Gasteiger partial charge in [-0.25, -0.2) is 4.42 Å². The Balaban J connectivity index is 1.33. The van der Waals surface area contributed by atoms with E-state index in [2.05, 4.69) is 0 Å². The number of ketones is 1. The number of benzene rings is 4. The van der Waals surface area contributed by atoms with Crippen molar-refractivity contribution in [2.75, 3.05) is 14.2 Å². The number of hydrogen-bond donors (Lipinski definition) is 0. The molecule has 0 bridgehead atoms. The van der Waals surface area contributed by atoms with Crippen molar-refractivity contribution in [1.82, 2.24) is 0 Å². The van der Waals surface area contributed by atoms with Crippen LogP contribution in [-0.4, -0.2) is 20.0 Å². The van der Waals surface area contributed by atoms with Crippen molar-refractivity contribution in [3.05, 3.63) is 172 Å². The number of para-hydroxylation sites is 2. The number of hydrogen-bond acceptors (Lipinski definition) is 5. The summed E-state index contributed by atoms with van der Waals surface area (Å²) in [7, 11) is 3.10. The van der Waals surface area contributed by atoms with E-state index in [1.165, 1.54) is 12.2 Å². The SMILES string of the molecule is COc1ccccc1C1=CC(=CC2=C([O-])C(=Cc3cc(-c4cc(Cl)c(Cl)c(Cl)c4)[o+]c(-c4ccccc4OC)c3)C2=O)C=C(c2cc(Cl)c(Cl)c(Cl)c2)O1. The third kappa shape index (κ3) is 7.38. The van der Waals surface area contributed by atoms with Crippen molar-refractivity contribution in [2.24, 2.45) is 0 Å². The molecule has 270 valence electrons. The molecule has 0 N–H and O–H groups in total. The molecular formula is C42H24Cl6O6. The fourth-order valence-corrected chi connectivity index (χ4v) is 7.07. The Kier molecular flexibility index (Phi) is 10.9. The molecule has 0 atom stereocenters. The number of Topliss-reactive ketones (excluding diaryl/α,β-unsaturated/α-hetero) is 1. The van der Waals surface area contributed by atoms with Gasteiger partial charge in [-0.05, 0) is 84.0 Å². The lowest BCUT2D eigenvalue weighted by molar-refractivity contribution is -0.300. The van der Waals surface area contributed by atoms with Gasteiger partial charge in [0.05, 0.1) is 67.6 Å². The molecule has 54 heavy (non-hydrogen) atoms. The molecule has 2 aliphatic rings. The summed E-state index contributed by atoms with van der Waals surface area (Å²) in [6.45, 7) is 0. The molecule has 0 fully saturated rings. The average Bonchev–Trinajstić information content (AvgIpc) is 3.19. The van der Waals surface area contributed by atoms with E-state index in [0.29, 0.717) is 67.9 Å². The Bertz CT molecular complexity index is 2500. The molecule has 6 nitrogen and oxygen atoms in total. The standard InChI is InChI=1S/C42H24Cl6O6/c1-51-33-9-5-3-7-25(33)37-15-21(13-35(53-37)23-17-29(43)39(47)30(44)18-23)11-27-41(49)28(42(27)50)12-22-14-36(24-19-31(45)40(48)32(46)20-24)54-38(16-22)26-8-4-6-10-34(26)52-2/h3-20H,1-2H3. The largest absolute Gasteiger partial charge is 0.871 e. The van der Waals surface area contributed by atoms with Crippen LogP contribution in [0.15, 0.2) is 130 Å². The van der Waals surface area contributed by atoms with E-state index in [4.69, 9.17) is 88.2 Å². The van der Waals surface area contributed by atoms with E-state index in [9.17, 15) is 9.90 Å². The Morgan fingerprint density at radius 2 is 1.17 bits per heavy atom. The Morgan fingerprint density at radius 1 is 0.648 bits per heavy atom. The highest BCUT2D eigenvalue weighted by molar-refractivity contribution is 6.49. The maximum atomic E-state index is 13.7.